The molecule has 0 bridgehead atoms. The van der Waals surface area contributed by atoms with Crippen LogP contribution in [0.4, 0.5) is 0 Å². The number of sulfonamides is 1. The molecule has 0 saturated heterocycles. The third-order valence-corrected chi connectivity index (χ3v) is 6.29. The summed E-state index contributed by atoms with van der Waals surface area (Å²) >= 11 is 6.11. The van der Waals surface area contributed by atoms with Crippen molar-refractivity contribution in [1.82, 2.24) is 14.1 Å². The van der Waals surface area contributed by atoms with Crippen molar-refractivity contribution in [3.8, 4) is 11.5 Å². The molecule has 0 fully saturated rings. The Labute approximate surface area is 153 Å². The van der Waals surface area contributed by atoms with E-state index in [1.54, 1.807) is 4.68 Å². The minimum absolute atomic E-state index is 0.0116. The first-order chi connectivity index (χ1) is 11.6. The van der Waals surface area contributed by atoms with Crippen molar-refractivity contribution in [3.63, 3.8) is 0 Å². The van der Waals surface area contributed by atoms with Crippen LogP contribution in [0.25, 0.3) is 0 Å². The number of methoxy groups -OCH3 is 2. The molecule has 2 aromatic rings. The molecule has 9 heteroatoms. The lowest BCUT2D eigenvalue weighted by molar-refractivity contribution is 0.383. The van der Waals surface area contributed by atoms with Gasteiger partial charge in [-0.25, -0.2) is 8.42 Å². The lowest BCUT2D eigenvalue weighted by Crippen LogP contribution is -2.27. The van der Waals surface area contributed by atoms with Crippen molar-refractivity contribution in [2.24, 2.45) is 7.05 Å². The van der Waals surface area contributed by atoms with Gasteiger partial charge in [0.25, 0.3) is 0 Å². The van der Waals surface area contributed by atoms with Gasteiger partial charge in [0, 0.05) is 38.0 Å². The molecule has 0 aliphatic rings. The maximum absolute atomic E-state index is 13.0. The molecule has 138 valence electrons. The standard InChI is InChI=1S/C16H22ClN3O4S/c1-10-12(11(2)20(4)18-10)9-19(3)25(21,22)16-7-13(17)14(23-5)8-15(16)24-6/h7-8H,9H2,1-6H3. The monoisotopic (exact) mass is 387 g/mol. The zero-order valence-corrected chi connectivity index (χ0v) is 16.7. The molecule has 0 unspecified atom stereocenters. The van der Waals surface area contributed by atoms with E-state index in [0.29, 0.717) is 5.75 Å². The quantitative estimate of drug-likeness (QED) is 0.761. The van der Waals surface area contributed by atoms with Crippen molar-refractivity contribution in [2.45, 2.75) is 25.3 Å². The van der Waals surface area contributed by atoms with E-state index >= 15 is 0 Å². The number of rotatable bonds is 6. The smallest absolute Gasteiger partial charge is 0.246 e. The van der Waals surface area contributed by atoms with Gasteiger partial charge >= 0.3 is 0 Å². The summed E-state index contributed by atoms with van der Waals surface area (Å²) in [6, 6.07) is 2.80. The van der Waals surface area contributed by atoms with Crippen molar-refractivity contribution >= 4 is 21.6 Å². The molecule has 0 N–H and O–H groups in total. The van der Waals surface area contributed by atoms with Crippen LogP contribution in [-0.2, 0) is 23.6 Å². The van der Waals surface area contributed by atoms with Gasteiger partial charge in [0.05, 0.1) is 24.9 Å². The average molecular weight is 388 g/mol. The molecule has 7 nitrogen and oxygen atoms in total. The van der Waals surface area contributed by atoms with Gasteiger partial charge in [0.15, 0.2) is 0 Å². The van der Waals surface area contributed by atoms with Crippen molar-refractivity contribution in [3.05, 3.63) is 34.1 Å². The summed E-state index contributed by atoms with van der Waals surface area (Å²) in [5.41, 5.74) is 2.58. The second-order valence-corrected chi connectivity index (χ2v) is 8.09. The average Bonchev–Trinajstić information content (AvgIpc) is 2.80. The fraction of sp³-hybridized carbons (Fsp3) is 0.438. The highest BCUT2D eigenvalue weighted by Gasteiger charge is 2.28. The fourth-order valence-corrected chi connectivity index (χ4v) is 4.16. The molecule has 1 aromatic carbocycles. The molecule has 0 aliphatic carbocycles. The normalized spacial score (nSPS) is 11.8. The Morgan fingerprint density at radius 3 is 2.28 bits per heavy atom. The van der Waals surface area contributed by atoms with E-state index in [2.05, 4.69) is 5.10 Å². The number of nitrogens with zero attached hydrogens (tertiary/aromatic N) is 3. The lowest BCUT2D eigenvalue weighted by Gasteiger charge is -2.20. The first-order valence-corrected chi connectivity index (χ1v) is 9.32. The Balaban J connectivity index is 2.46. The first-order valence-electron chi connectivity index (χ1n) is 7.50. The molecule has 2 rings (SSSR count). The third-order valence-electron chi connectivity index (χ3n) is 4.17. The van der Waals surface area contributed by atoms with Crippen LogP contribution in [0.3, 0.4) is 0 Å². The van der Waals surface area contributed by atoms with E-state index < -0.39 is 10.0 Å². The van der Waals surface area contributed by atoms with Gasteiger partial charge < -0.3 is 9.47 Å². The van der Waals surface area contributed by atoms with Crippen LogP contribution >= 0.6 is 11.6 Å². The summed E-state index contributed by atoms with van der Waals surface area (Å²) in [5.74, 6) is 0.520. The van der Waals surface area contributed by atoms with Crippen molar-refractivity contribution in [1.29, 1.82) is 0 Å². The number of aromatic nitrogens is 2. The van der Waals surface area contributed by atoms with Gasteiger partial charge in [0.1, 0.15) is 16.4 Å². The Morgan fingerprint density at radius 2 is 1.80 bits per heavy atom. The van der Waals surface area contributed by atoms with Crippen molar-refractivity contribution < 1.29 is 17.9 Å². The molecule has 0 spiro atoms. The summed E-state index contributed by atoms with van der Waals surface area (Å²) in [4.78, 5) is -0.0116. The molecular weight excluding hydrogens is 366 g/mol. The zero-order chi connectivity index (χ0) is 18.9. The van der Waals surface area contributed by atoms with Gasteiger partial charge in [-0.2, -0.15) is 9.40 Å². The largest absolute Gasteiger partial charge is 0.495 e. The van der Waals surface area contributed by atoms with Gasteiger partial charge in [-0.3, -0.25) is 4.68 Å². The fourth-order valence-electron chi connectivity index (χ4n) is 2.56. The van der Waals surface area contributed by atoms with Crippen LogP contribution in [0.5, 0.6) is 11.5 Å². The van der Waals surface area contributed by atoms with Gasteiger partial charge in [-0.15, -0.1) is 0 Å². The molecular formula is C16H22ClN3O4S. The van der Waals surface area contributed by atoms with E-state index in [-0.39, 0.29) is 22.2 Å². The van der Waals surface area contributed by atoms with Gasteiger partial charge in [-0.05, 0) is 19.9 Å². The summed E-state index contributed by atoms with van der Waals surface area (Å²) < 4.78 is 39.4. The lowest BCUT2D eigenvalue weighted by atomic mass is 10.2. The number of halogens is 1. The molecule has 0 saturated carbocycles. The van der Waals surface area contributed by atoms with Crippen LogP contribution in [0, 0.1) is 13.8 Å². The van der Waals surface area contributed by atoms with Crippen LogP contribution in [0.1, 0.15) is 17.0 Å². The highest BCUT2D eigenvalue weighted by atomic mass is 35.5. The molecule has 1 aromatic heterocycles. The number of hydrogen-bond acceptors (Lipinski definition) is 5. The van der Waals surface area contributed by atoms with Crippen LogP contribution < -0.4 is 9.47 Å². The number of hydrogen-bond donors (Lipinski definition) is 0. The first kappa shape index (κ1) is 19.6. The molecule has 0 amide bonds. The Hall–Kier alpha value is -1.77. The SMILES string of the molecule is COc1cc(OC)c(S(=O)(=O)N(C)Cc2c(C)nn(C)c2C)cc1Cl. The topological polar surface area (TPSA) is 73.7 Å². The molecule has 0 atom stereocenters. The van der Waals surface area contributed by atoms with E-state index in [4.69, 9.17) is 21.1 Å². The second-order valence-electron chi connectivity index (χ2n) is 5.67. The van der Waals surface area contributed by atoms with Gasteiger partial charge in [-0.1, -0.05) is 11.6 Å². The number of benzene rings is 1. The predicted octanol–water partition coefficient (Wildman–Crippen LogP) is 2.53. The summed E-state index contributed by atoms with van der Waals surface area (Å²) in [7, 11) is 2.37. The minimum atomic E-state index is -3.82. The van der Waals surface area contributed by atoms with Crippen molar-refractivity contribution in [2.75, 3.05) is 21.3 Å². The van der Waals surface area contributed by atoms with Crippen LogP contribution in [0.2, 0.25) is 5.02 Å². The Morgan fingerprint density at radius 1 is 1.20 bits per heavy atom. The maximum atomic E-state index is 13.0. The minimum Gasteiger partial charge on any atom is -0.495 e. The summed E-state index contributed by atoms with van der Waals surface area (Å²) in [6.45, 7) is 3.95. The number of aryl methyl sites for hydroxylation is 2. The Bertz CT molecular complexity index is 893. The zero-order valence-electron chi connectivity index (χ0n) is 15.1. The van der Waals surface area contributed by atoms with Gasteiger partial charge in [0.2, 0.25) is 10.0 Å². The van der Waals surface area contributed by atoms with E-state index in [9.17, 15) is 8.42 Å². The molecule has 0 radical (unpaired) electrons. The molecule has 0 aliphatic heterocycles. The maximum Gasteiger partial charge on any atom is 0.246 e. The Kier molecular flexibility index (Phi) is 5.65. The van der Waals surface area contributed by atoms with E-state index in [1.807, 2.05) is 20.9 Å². The third kappa shape index (κ3) is 3.61. The highest BCUT2D eigenvalue weighted by Crippen LogP contribution is 2.36. The van der Waals surface area contributed by atoms with Crippen LogP contribution in [-0.4, -0.2) is 43.8 Å². The predicted molar refractivity (Wildman–Crippen MR) is 95.9 cm³/mol. The molecule has 25 heavy (non-hydrogen) atoms. The van der Waals surface area contributed by atoms with E-state index in [0.717, 1.165) is 17.0 Å². The second kappa shape index (κ2) is 7.23. The highest BCUT2D eigenvalue weighted by molar-refractivity contribution is 7.89. The van der Waals surface area contributed by atoms with Crippen LogP contribution in [0.15, 0.2) is 17.0 Å². The summed E-state index contributed by atoms with van der Waals surface area (Å²) in [6.07, 6.45) is 0. The van der Waals surface area contributed by atoms with E-state index in [1.165, 1.54) is 37.7 Å². The summed E-state index contributed by atoms with van der Waals surface area (Å²) in [5, 5.41) is 4.52. The number of ether oxygens (including phenoxy) is 2. The molecule has 1 heterocycles.